The van der Waals surface area contributed by atoms with Crippen LogP contribution in [0.15, 0.2) is 24.5 Å². The van der Waals surface area contributed by atoms with Gasteiger partial charge in [-0.1, -0.05) is 0 Å². The summed E-state index contributed by atoms with van der Waals surface area (Å²) in [5.74, 6) is 0.520. The Bertz CT molecular complexity index is 740. The van der Waals surface area contributed by atoms with Crippen LogP contribution in [0, 0.1) is 6.92 Å². The Morgan fingerprint density at radius 2 is 2.00 bits per heavy atom. The van der Waals surface area contributed by atoms with E-state index in [4.69, 9.17) is 5.73 Å². The first-order valence-corrected chi connectivity index (χ1v) is 6.74. The number of aromatic nitrogens is 5. The van der Waals surface area contributed by atoms with Gasteiger partial charge in [0.1, 0.15) is 5.52 Å². The summed E-state index contributed by atoms with van der Waals surface area (Å²) in [6.45, 7) is 6.92. The van der Waals surface area contributed by atoms with E-state index < -0.39 is 0 Å². The predicted molar refractivity (Wildman–Crippen MR) is 78.4 cm³/mol. The fourth-order valence-corrected chi connectivity index (χ4v) is 2.60. The summed E-state index contributed by atoms with van der Waals surface area (Å²) in [7, 11) is 0. The van der Waals surface area contributed by atoms with E-state index in [2.05, 4.69) is 28.9 Å². The molecule has 0 aliphatic rings. The van der Waals surface area contributed by atoms with E-state index >= 15 is 0 Å². The Labute approximate surface area is 117 Å². The minimum atomic E-state index is 0.0874. The first-order valence-electron chi connectivity index (χ1n) is 6.74. The van der Waals surface area contributed by atoms with Gasteiger partial charge >= 0.3 is 0 Å². The van der Waals surface area contributed by atoms with Gasteiger partial charge in [-0.25, -0.2) is 9.67 Å². The second-order valence-corrected chi connectivity index (χ2v) is 4.87. The van der Waals surface area contributed by atoms with Crippen LogP contribution in [0.5, 0.6) is 0 Å². The summed E-state index contributed by atoms with van der Waals surface area (Å²) >= 11 is 0. The van der Waals surface area contributed by atoms with Crippen LogP contribution in [0.1, 0.15) is 31.1 Å². The molecule has 0 fully saturated rings. The molecule has 0 amide bonds. The van der Waals surface area contributed by atoms with Gasteiger partial charge in [-0.15, -0.1) is 0 Å². The van der Waals surface area contributed by atoms with Gasteiger partial charge in [0.05, 0.1) is 11.7 Å². The smallest absolute Gasteiger partial charge is 0.203 e. The molecule has 0 bridgehead atoms. The molecule has 3 heterocycles. The molecule has 3 aromatic rings. The van der Waals surface area contributed by atoms with E-state index in [0.717, 1.165) is 29.0 Å². The quantitative estimate of drug-likeness (QED) is 0.791. The van der Waals surface area contributed by atoms with Crippen LogP contribution < -0.4 is 5.73 Å². The summed E-state index contributed by atoms with van der Waals surface area (Å²) in [6, 6.07) is 4.08. The maximum atomic E-state index is 6.12. The van der Waals surface area contributed by atoms with Crippen molar-refractivity contribution in [2.24, 2.45) is 0 Å². The molecule has 0 saturated carbocycles. The Hall–Kier alpha value is -2.37. The Kier molecular flexibility index (Phi) is 2.93. The van der Waals surface area contributed by atoms with Crippen LogP contribution in [0.25, 0.3) is 11.2 Å². The van der Waals surface area contributed by atoms with E-state index in [0.29, 0.717) is 5.95 Å². The maximum absolute atomic E-state index is 6.12. The minimum Gasteiger partial charge on any atom is -0.369 e. The molecule has 104 valence electrons. The lowest BCUT2D eigenvalue weighted by atomic mass is 10.1. The number of fused-ring (bicyclic) bond motifs is 1. The first kappa shape index (κ1) is 12.7. The maximum Gasteiger partial charge on any atom is 0.203 e. The standard InChI is InChI=1S/C14H18N6/c1-4-19-13-12(9(2)18-19)17-14(15)20(13)10(3)11-5-7-16-8-6-11/h5-8,10H,4H2,1-3H3,(H2,15,17). The Morgan fingerprint density at radius 1 is 1.30 bits per heavy atom. The molecule has 0 aliphatic carbocycles. The molecular formula is C14H18N6. The van der Waals surface area contributed by atoms with E-state index in [1.165, 1.54) is 0 Å². The topological polar surface area (TPSA) is 74.6 Å². The second-order valence-electron chi connectivity index (χ2n) is 4.87. The van der Waals surface area contributed by atoms with Crippen molar-refractivity contribution >= 4 is 17.1 Å². The number of imidazole rings is 1. The number of anilines is 1. The molecule has 6 heteroatoms. The van der Waals surface area contributed by atoms with Gasteiger partial charge in [0.15, 0.2) is 5.65 Å². The third-order valence-corrected chi connectivity index (χ3v) is 3.65. The summed E-state index contributed by atoms with van der Waals surface area (Å²) < 4.78 is 3.99. The molecule has 0 radical (unpaired) electrons. The highest BCUT2D eigenvalue weighted by Gasteiger charge is 2.21. The van der Waals surface area contributed by atoms with Gasteiger partial charge in [-0.2, -0.15) is 5.10 Å². The molecule has 0 aromatic carbocycles. The van der Waals surface area contributed by atoms with E-state index in [1.807, 2.05) is 28.3 Å². The van der Waals surface area contributed by atoms with Gasteiger partial charge in [0.25, 0.3) is 0 Å². The van der Waals surface area contributed by atoms with E-state index in [-0.39, 0.29) is 6.04 Å². The number of nitrogen functional groups attached to an aromatic ring is 1. The monoisotopic (exact) mass is 270 g/mol. The molecule has 1 atom stereocenters. The average molecular weight is 270 g/mol. The summed E-state index contributed by atoms with van der Waals surface area (Å²) in [5.41, 5.74) is 10.0. The van der Waals surface area contributed by atoms with Crippen LogP contribution in [-0.4, -0.2) is 24.3 Å². The number of nitrogens with two attached hydrogens (primary N) is 1. The van der Waals surface area contributed by atoms with Crippen LogP contribution in [0.3, 0.4) is 0 Å². The van der Waals surface area contributed by atoms with Crippen LogP contribution >= 0.6 is 0 Å². The van der Waals surface area contributed by atoms with Crippen molar-refractivity contribution in [1.29, 1.82) is 0 Å². The highest BCUT2D eigenvalue weighted by atomic mass is 15.4. The third kappa shape index (κ3) is 1.76. The SMILES string of the molecule is CCn1nc(C)c2nc(N)n(C(C)c3ccncc3)c21. The minimum absolute atomic E-state index is 0.0874. The fraction of sp³-hybridized carbons (Fsp3) is 0.357. The highest BCUT2D eigenvalue weighted by Crippen LogP contribution is 2.28. The first-order chi connectivity index (χ1) is 9.63. The number of hydrogen-bond acceptors (Lipinski definition) is 4. The molecule has 1 unspecified atom stereocenters. The van der Waals surface area contributed by atoms with E-state index in [9.17, 15) is 0 Å². The molecule has 3 rings (SSSR count). The zero-order chi connectivity index (χ0) is 14.3. The molecule has 2 N–H and O–H groups in total. The van der Waals surface area contributed by atoms with Crippen molar-refractivity contribution < 1.29 is 0 Å². The van der Waals surface area contributed by atoms with Gasteiger partial charge in [-0.05, 0) is 38.5 Å². The fourth-order valence-electron chi connectivity index (χ4n) is 2.60. The summed E-state index contributed by atoms with van der Waals surface area (Å²) in [5, 5.41) is 4.51. The van der Waals surface area contributed by atoms with Crippen molar-refractivity contribution in [3.05, 3.63) is 35.8 Å². The van der Waals surface area contributed by atoms with Crippen molar-refractivity contribution in [2.75, 3.05) is 5.73 Å². The molecule has 3 aromatic heterocycles. The third-order valence-electron chi connectivity index (χ3n) is 3.65. The molecule has 20 heavy (non-hydrogen) atoms. The molecule has 0 spiro atoms. The molecule has 6 nitrogen and oxygen atoms in total. The number of aryl methyl sites for hydroxylation is 2. The van der Waals surface area contributed by atoms with Gasteiger partial charge in [0.2, 0.25) is 5.95 Å². The molecule has 0 saturated heterocycles. The second kappa shape index (κ2) is 4.63. The van der Waals surface area contributed by atoms with Gasteiger partial charge in [0, 0.05) is 18.9 Å². The number of rotatable bonds is 3. The molecule has 0 aliphatic heterocycles. The summed E-state index contributed by atoms with van der Waals surface area (Å²) in [6.07, 6.45) is 3.58. The lowest BCUT2D eigenvalue weighted by Crippen LogP contribution is -2.13. The van der Waals surface area contributed by atoms with Crippen LogP contribution in [-0.2, 0) is 6.54 Å². The van der Waals surface area contributed by atoms with E-state index in [1.54, 1.807) is 12.4 Å². The Morgan fingerprint density at radius 3 is 2.65 bits per heavy atom. The van der Waals surface area contributed by atoms with Crippen LogP contribution in [0.2, 0.25) is 0 Å². The lowest BCUT2D eigenvalue weighted by molar-refractivity contribution is 0.607. The van der Waals surface area contributed by atoms with Crippen molar-refractivity contribution in [1.82, 2.24) is 24.3 Å². The largest absolute Gasteiger partial charge is 0.369 e. The Balaban J connectivity index is 2.23. The number of hydrogen-bond donors (Lipinski definition) is 1. The lowest BCUT2D eigenvalue weighted by Gasteiger charge is -2.16. The molecular weight excluding hydrogens is 252 g/mol. The normalized spacial score (nSPS) is 12.9. The van der Waals surface area contributed by atoms with Gasteiger partial charge < -0.3 is 5.73 Å². The zero-order valence-corrected chi connectivity index (χ0v) is 11.9. The highest BCUT2D eigenvalue weighted by molar-refractivity contribution is 5.78. The van der Waals surface area contributed by atoms with Crippen molar-refractivity contribution in [2.45, 2.75) is 33.4 Å². The van der Waals surface area contributed by atoms with Gasteiger partial charge in [-0.3, -0.25) is 9.55 Å². The summed E-state index contributed by atoms with van der Waals surface area (Å²) in [4.78, 5) is 8.53. The average Bonchev–Trinajstić information content (AvgIpc) is 2.96. The van der Waals surface area contributed by atoms with Crippen LogP contribution in [0.4, 0.5) is 5.95 Å². The number of pyridine rings is 1. The predicted octanol–water partition coefficient (Wildman–Crippen LogP) is 2.15. The van der Waals surface area contributed by atoms with Crippen molar-refractivity contribution in [3.63, 3.8) is 0 Å². The zero-order valence-electron chi connectivity index (χ0n) is 11.9. The van der Waals surface area contributed by atoms with Crippen molar-refractivity contribution in [3.8, 4) is 0 Å². The number of nitrogens with zero attached hydrogens (tertiary/aromatic N) is 5.